The molecule has 2 heterocycles. The fourth-order valence-corrected chi connectivity index (χ4v) is 3.55. The molecule has 1 atom stereocenters. The number of carbonyl (C=O) groups excluding carboxylic acids is 2. The Bertz CT molecular complexity index is 429. The number of amides is 2. The molecule has 2 amide bonds. The molecule has 2 aliphatic heterocycles. The fraction of sp³-hybridized carbons (Fsp3) is 0.895. The third kappa shape index (κ3) is 6.26. The van der Waals surface area contributed by atoms with E-state index in [4.69, 9.17) is 4.74 Å². The van der Waals surface area contributed by atoms with Crippen LogP contribution in [0.2, 0.25) is 0 Å². The van der Waals surface area contributed by atoms with E-state index in [1.807, 2.05) is 9.80 Å². The van der Waals surface area contributed by atoms with Gasteiger partial charge in [-0.1, -0.05) is 27.7 Å². The van der Waals surface area contributed by atoms with Crippen molar-refractivity contribution in [1.29, 1.82) is 0 Å². The second-order valence-electron chi connectivity index (χ2n) is 8.19. The van der Waals surface area contributed by atoms with Gasteiger partial charge in [0.05, 0.1) is 6.54 Å². The second kappa shape index (κ2) is 9.53. The summed E-state index contributed by atoms with van der Waals surface area (Å²) in [5.41, 5.74) is 0. The van der Waals surface area contributed by atoms with E-state index in [1.165, 1.54) is 0 Å². The molecule has 1 unspecified atom stereocenters. The zero-order chi connectivity index (χ0) is 18.4. The van der Waals surface area contributed by atoms with Crippen molar-refractivity contribution in [1.82, 2.24) is 14.7 Å². The van der Waals surface area contributed by atoms with Crippen LogP contribution >= 0.6 is 0 Å². The summed E-state index contributed by atoms with van der Waals surface area (Å²) >= 11 is 0. The lowest BCUT2D eigenvalue weighted by Crippen LogP contribution is -2.53. The Morgan fingerprint density at radius 1 is 1.04 bits per heavy atom. The molecule has 2 rings (SSSR count). The zero-order valence-corrected chi connectivity index (χ0v) is 16.4. The Morgan fingerprint density at radius 2 is 1.64 bits per heavy atom. The minimum absolute atomic E-state index is 0.129. The Hall–Kier alpha value is -1.14. The lowest BCUT2D eigenvalue weighted by atomic mass is 10.1. The molecule has 0 N–H and O–H groups in total. The van der Waals surface area contributed by atoms with Gasteiger partial charge < -0.3 is 14.5 Å². The molecule has 0 saturated carbocycles. The number of nitrogens with zero attached hydrogens (tertiary/aromatic N) is 3. The minimum Gasteiger partial charge on any atom is -0.368 e. The summed E-state index contributed by atoms with van der Waals surface area (Å²) in [5.74, 6) is 1.29. The van der Waals surface area contributed by atoms with Gasteiger partial charge in [-0.2, -0.15) is 0 Å². The molecular weight excluding hydrogens is 318 g/mol. The first kappa shape index (κ1) is 20.2. The summed E-state index contributed by atoms with van der Waals surface area (Å²) < 4.78 is 5.50. The van der Waals surface area contributed by atoms with Crippen LogP contribution in [-0.4, -0.2) is 85.0 Å². The monoisotopic (exact) mass is 353 g/mol. The molecule has 2 aliphatic rings. The molecule has 0 bridgehead atoms. The van der Waals surface area contributed by atoms with Crippen molar-refractivity contribution in [2.75, 3.05) is 52.4 Å². The first-order valence-electron chi connectivity index (χ1n) is 9.77. The van der Waals surface area contributed by atoms with E-state index in [1.54, 1.807) is 0 Å². The van der Waals surface area contributed by atoms with E-state index in [0.29, 0.717) is 38.1 Å². The quantitative estimate of drug-likeness (QED) is 0.695. The molecular formula is C19H35N3O3. The molecule has 0 radical (unpaired) electrons. The predicted octanol–water partition coefficient (Wildman–Crippen LogP) is 1.45. The summed E-state index contributed by atoms with van der Waals surface area (Å²) in [5, 5.41) is 0. The number of piperazine rings is 1. The Labute approximate surface area is 152 Å². The van der Waals surface area contributed by atoms with E-state index < -0.39 is 0 Å². The van der Waals surface area contributed by atoms with Crippen LogP contribution < -0.4 is 0 Å². The van der Waals surface area contributed by atoms with Crippen LogP contribution in [0.1, 0.15) is 40.5 Å². The van der Waals surface area contributed by atoms with Crippen molar-refractivity contribution in [3.05, 3.63) is 0 Å². The summed E-state index contributed by atoms with van der Waals surface area (Å²) in [6.07, 6.45) is 1.59. The second-order valence-corrected chi connectivity index (χ2v) is 8.19. The highest BCUT2D eigenvalue weighted by atomic mass is 16.5. The summed E-state index contributed by atoms with van der Waals surface area (Å²) in [6.45, 7) is 14.3. The number of carbonyl (C=O) groups is 2. The third-order valence-corrected chi connectivity index (χ3v) is 4.77. The van der Waals surface area contributed by atoms with Gasteiger partial charge in [-0.3, -0.25) is 14.5 Å². The van der Waals surface area contributed by atoms with Crippen molar-refractivity contribution >= 4 is 11.8 Å². The average molecular weight is 354 g/mol. The van der Waals surface area contributed by atoms with Crippen LogP contribution in [0.25, 0.3) is 0 Å². The van der Waals surface area contributed by atoms with Crippen molar-refractivity contribution in [2.45, 2.75) is 46.6 Å². The third-order valence-electron chi connectivity index (χ3n) is 4.77. The number of ether oxygens (including phenoxy) is 1. The molecule has 2 fully saturated rings. The smallest absolute Gasteiger partial charge is 0.251 e. The molecule has 144 valence electrons. The van der Waals surface area contributed by atoms with E-state index >= 15 is 0 Å². The molecule has 0 aromatic heterocycles. The topological polar surface area (TPSA) is 53.1 Å². The maximum Gasteiger partial charge on any atom is 0.251 e. The first-order valence-corrected chi connectivity index (χ1v) is 9.77. The van der Waals surface area contributed by atoms with Crippen LogP contribution in [0.15, 0.2) is 0 Å². The minimum atomic E-state index is -0.235. The number of hydrogen-bond acceptors (Lipinski definition) is 4. The van der Waals surface area contributed by atoms with Crippen molar-refractivity contribution < 1.29 is 14.3 Å². The summed E-state index contributed by atoms with van der Waals surface area (Å²) in [7, 11) is 0. The van der Waals surface area contributed by atoms with E-state index in [2.05, 4.69) is 32.6 Å². The fourth-order valence-electron chi connectivity index (χ4n) is 3.55. The Balaban J connectivity index is 1.79. The number of rotatable bonds is 7. The van der Waals surface area contributed by atoms with Gasteiger partial charge in [0.15, 0.2) is 0 Å². The zero-order valence-electron chi connectivity index (χ0n) is 16.4. The molecule has 25 heavy (non-hydrogen) atoms. The van der Waals surface area contributed by atoms with Gasteiger partial charge in [0, 0.05) is 45.9 Å². The van der Waals surface area contributed by atoms with Gasteiger partial charge in [0.1, 0.15) is 6.10 Å². The lowest BCUT2D eigenvalue weighted by Gasteiger charge is -2.36. The van der Waals surface area contributed by atoms with Crippen molar-refractivity contribution in [3.8, 4) is 0 Å². The maximum absolute atomic E-state index is 12.7. The number of hydrogen-bond donors (Lipinski definition) is 0. The Kier molecular flexibility index (Phi) is 7.69. The van der Waals surface area contributed by atoms with Crippen LogP contribution in [0.5, 0.6) is 0 Å². The SMILES string of the molecule is CC(C)CN(CC(C)C)C(=O)CN1CCN(C(=O)C2CCCO2)CC1. The average Bonchev–Trinajstić information content (AvgIpc) is 3.08. The van der Waals surface area contributed by atoms with Gasteiger partial charge in [-0.15, -0.1) is 0 Å². The normalized spacial score (nSPS) is 22.0. The molecule has 0 spiro atoms. The molecule has 0 aromatic rings. The molecule has 0 aliphatic carbocycles. The van der Waals surface area contributed by atoms with E-state index in [-0.39, 0.29) is 17.9 Å². The summed E-state index contributed by atoms with van der Waals surface area (Å²) in [6, 6.07) is 0. The van der Waals surface area contributed by atoms with Crippen LogP contribution in [0, 0.1) is 11.8 Å². The highest BCUT2D eigenvalue weighted by Crippen LogP contribution is 2.16. The van der Waals surface area contributed by atoms with Crippen LogP contribution in [0.3, 0.4) is 0 Å². The standard InChI is InChI=1S/C19H35N3O3/c1-15(2)12-22(13-16(3)4)18(23)14-20-7-9-21(10-8-20)19(24)17-6-5-11-25-17/h15-17H,5-14H2,1-4H3. The van der Waals surface area contributed by atoms with E-state index in [9.17, 15) is 9.59 Å². The maximum atomic E-state index is 12.7. The molecule has 6 heteroatoms. The van der Waals surface area contributed by atoms with Gasteiger partial charge in [0.2, 0.25) is 5.91 Å². The lowest BCUT2D eigenvalue weighted by molar-refractivity contribution is -0.143. The van der Waals surface area contributed by atoms with Crippen molar-refractivity contribution in [3.63, 3.8) is 0 Å². The predicted molar refractivity (Wildman–Crippen MR) is 98.3 cm³/mol. The Morgan fingerprint density at radius 3 is 2.12 bits per heavy atom. The molecule has 6 nitrogen and oxygen atoms in total. The van der Waals surface area contributed by atoms with Crippen molar-refractivity contribution in [2.24, 2.45) is 11.8 Å². The largest absolute Gasteiger partial charge is 0.368 e. The van der Waals surface area contributed by atoms with Gasteiger partial charge in [-0.05, 0) is 24.7 Å². The highest BCUT2D eigenvalue weighted by Gasteiger charge is 2.31. The van der Waals surface area contributed by atoms with E-state index in [0.717, 1.165) is 39.0 Å². The summed E-state index contributed by atoms with van der Waals surface area (Å²) in [4.78, 5) is 31.2. The highest BCUT2D eigenvalue weighted by molar-refractivity contribution is 5.81. The van der Waals surface area contributed by atoms with Gasteiger partial charge in [0.25, 0.3) is 5.91 Å². The van der Waals surface area contributed by atoms with Crippen LogP contribution in [-0.2, 0) is 14.3 Å². The first-order chi connectivity index (χ1) is 11.9. The van der Waals surface area contributed by atoms with Gasteiger partial charge in [-0.25, -0.2) is 0 Å². The molecule has 0 aromatic carbocycles. The van der Waals surface area contributed by atoms with Crippen LogP contribution in [0.4, 0.5) is 0 Å². The van der Waals surface area contributed by atoms with Gasteiger partial charge >= 0.3 is 0 Å². The molecule has 2 saturated heterocycles.